The van der Waals surface area contributed by atoms with E-state index in [1.54, 1.807) is 6.20 Å². The number of aromatic nitrogens is 2. The summed E-state index contributed by atoms with van der Waals surface area (Å²) in [6, 6.07) is 2.88. The van der Waals surface area contributed by atoms with Gasteiger partial charge in [-0.1, -0.05) is 6.92 Å². The van der Waals surface area contributed by atoms with Crippen LogP contribution in [-0.4, -0.2) is 40.8 Å². The van der Waals surface area contributed by atoms with Crippen LogP contribution in [0.3, 0.4) is 0 Å². The Labute approximate surface area is 91.1 Å². The van der Waals surface area contributed by atoms with Crippen LogP contribution in [0.25, 0.3) is 0 Å². The van der Waals surface area contributed by atoms with E-state index in [2.05, 4.69) is 27.3 Å². The van der Waals surface area contributed by atoms with Crippen molar-refractivity contribution in [2.75, 3.05) is 19.6 Å². The third kappa shape index (κ3) is 3.32. The molecule has 0 atom stereocenters. The van der Waals surface area contributed by atoms with Gasteiger partial charge in [0.1, 0.15) is 0 Å². The van der Waals surface area contributed by atoms with Gasteiger partial charge in [-0.05, 0) is 25.5 Å². The smallest absolute Gasteiger partial charge is 0.0490 e. The number of hydrogen-bond acceptors (Lipinski definition) is 3. The van der Waals surface area contributed by atoms with Gasteiger partial charge in [0.15, 0.2) is 0 Å². The molecular weight excluding hydrogens is 188 g/mol. The molecule has 84 valence electrons. The monoisotopic (exact) mass is 208 g/mol. The molecule has 2 rings (SSSR count). The third-order valence-corrected chi connectivity index (χ3v) is 2.92. The Balaban J connectivity index is 1.58. The first-order chi connectivity index (χ1) is 7.40. The Morgan fingerprint density at radius 2 is 2.47 bits per heavy atom. The molecule has 1 aliphatic carbocycles. The van der Waals surface area contributed by atoms with Crippen LogP contribution >= 0.6 is 0 Å². The fourth-order valence-electron chi connectivity index (χ4n) is 1.87. The van der Waals surface area contributed by atoms with Crippen molar-refractivity contribution in [1.82, 2.24) is 20.4 Å². The molecule has 1 aromatic heterocycles. The number of hydrogen-bond donors (Lipinski definition) is 2. The Kier molecular flexibility index (Phi) is 3.75. The number of nitrogens with one attached hydrogen (secondary N) is 2. The van der Waals surface area contributed by atoms with Crippen molar-refractivity contribution in [3.63, 3.8) is 0 Å². The molecule has 1 saturated carbocycles. The molecule has 0 amide bonds. The Morgan fingerprint density at radius 1 is 1.60 bits per heavy atom. The van der Waals surface area contributed by atoms with Gasteiger partial charge in [-0.2, -0.15) is 5.10 Å². The topological polar surface area (TPSA) is 44.0 Å². The molecule has 0 spiro atoms. The van der Waals surface area contributed by atoms with Crippen LogP contribution in [0.1, 0.15) is 25.5 Å². The Morgan fingerprint density at radius 3 is 3.07 bits per heavy atom. The molecule has 0 unspecified atom stereocenters. The predicted molar refractivity (Wildman–Crippen MR) is 60.6 cm³/mol. The molecule has 1 aliphatic rings. The first-order valence-electron chi connectivity index (χ1n) is 5.83. The number of aromatic amines is 1. The van der Waals surface area contributed by atoms with Crippen molar-refractivity contribution >= 4 is 0 Å². The molecule has 15 heavy (non-hydrogen) atoms. The van der Waals surface area contributed by atoms with Crippen molar-refractivity contribution < 1.29 is 0 Å². The second kappa shape index (κ2) is 5.28. The summed E-state index contributed by atoms with van der Waals surface area (Å²) in [5, 5.41) is 10.3. The van der Waals surface area contributed by atoms with Gasteiger partial charge in [0, 0.05) is 37.6 Å². The maximum Gasteiger partial charge on any atom is 0.0490 e. The normalized spacial score (nSPS) is 16.1. The molecule has 1 fully saturated rings. The van der Waals surface area contributed by atoms with E-state index in [4.69, 9.17) is 0 Å². The maximum absolute atomic E-state index is 3.92. The largest absolute Gasteiger partial charge is 0.310 e. The van der Waals surface area contributed by atoms with Crippen molar-refractivity contribution in [2.24, 2.45) is 0 Å². The van der Waals surface area contributed by atoms with E-state index < -0.39 is 0 Å². The van der Waals surface area contributed by atoms with Crippen LogP contribution in [0.4, 0.5) is 0 Å². The maximum atomic E-state index is 3.92. The van der Waals surface area contributed by atoms with Gasteiger partial charge in [0.2, 0.25) is 0 Å². The number of rotatable bonds is 7. The molecule has 1 heterocycles. The van der Waals surface area contributed by atoms with Crippen LogP contribution in [0.2, 0.25) is 0 Å². The zero-order chi connectivity index (χ0) is 10.5. The number of nitrogens with zero attached hydrogens (tertiary/aromatic N) is 2. The van der Waals surface area contributed by atoms with Crippen molar-refractivity contribution in [2.45, 2.75) is 32.4 Å². The summed E-state index contributed by atoms with van der Waals surface area (Å²) in [5.74, 6) is 0. The van der Waals surface area contributed by atoms with Crippen molar-refractivity contribution in [3.8, 4) is 0 Å². The lowest BCUT2D eigenvalue weighted by Crippen LogP contribution is -2.33. The SMILES string of the molecule is CCN(CCNCc1ccn[nH]1)C1CC1. The average Bonchev–Trinajstić information content (AvgIpc) is 2.95. The van der Waals surface area contributed by atoms with Gasteiger partial charge in [0.25, 0.3) is 0 Å². The molecule has 4 heteroatoms. The Bertz CT molecular complexity index is 266. The second-order valence-electron chi connectivity index (χ2n) is 4.12. The summed E-state index contributed by atoms with van der Waals surface area (Å²) >= 11 is 0. The van der Waals surface area contributed by atoms with E-state index in [1.807, 2.05) is 6.07 Å². The second-order valence-corrected chi connectivity index (χ2v) is 4.12. The summed E-state index contributed by atoms with van der Waals surface area (Å²) < 4.78 is 0. The molecule has 2 N–H and O–H groups in total. The quantitative estimate of drug-likeness (QED) is 0.657. The minimum atomic E-state index is 0.879. The van der Waals surface area contributed by atoms with E-state index in [9.17, 15) is 0 Å². The van der Waals surface area contributed by atoms with E-state index in [0.29, 0.717) is 0 Å². The van der Waals surface area contributed by atoms with E-state index in [1.165, 1.54) is 19.4 Å². The fraction of sp³-hybridized carbons (Fsp3) is 0.727. The van der Waals surface area contributed by atoms with Crippen LogP contribution in [0, 0.1) is 0 Å². The molecule has 1 aromatic rings. The van der Waals surface area contributed by atoms with Crippen LogP contribution in [0.5, 0.6) is 0 Å². The molecule has 0 saturated heterocycles. The standard InChI is InChI=1S/C11H20N4/c1-2-15(11-3-4-11)8-7-12-9-10-5-6-13-14-10/h5-6,11-12H,2-4,7-9H2,1H3,(H,13,14). The minimum absolute atomic E-state index is 0.879. The Hall–Kier alpha value is -0.870. The fourth-order valence-corrected chi connectivity index (χ4v) is 1.87. The zero-order valence-corrected chi connectivity index (χ0v) is 9.37. The van der Waals surface area contributed by atoms with E-state index in [0.717, 1.165) is 31.4 Å². The lowest BCUT2D eigenvalue weighted by molar-refractivity contribution is 0.277. The van der Waals surface area contributed by atoms with E-state index >= 15 is 0 Å². The van der Waals surface area contributed by atoms with Crippen LogP contribution in [0.15, 0.2) is 12.3 Å². The number of H-pyrrole nitrogens is 1. The summed E-state index contributed by atoms with van der Waals surface area (Å²) in [6.07, 6.45) is 4.59. The first-order valence-corrected chi connectivity index (χ1v) is 5.83. The molecule has 0 aromatic carbocycles. The van der Waals surface area contributed by atoms with Gasteiger partial charge < -0.3 is 5.32 Å². The highest BCUT2D eigenvalue weighted by Crippen LogP contribution is 2.25. The molecule has 0 bridgehead atoms. The van der Waals surface area contributed by atoms with E-state index in [-0.39, 0.29) is 0 Å². The third-order valence-electron chi connectivity index (χ3n) is 2.92. The van der Waals surface area contributed by atoms with Gasteiger partial charge in [-0.3, -0.25) is 10.00 Å². The minimum Gasteiger partial charge on any atom is -0.310 e. The lowest BCUT2D eigenvalue weighted by Gasteiger charge is -2.19. The van der Waals surface area contributed by atoms with Crippen molar-refractivity contribution in [1.29, 1.82) is 0 Å². The zero-order valence-electron chi connectivity index (χ0n) is 9.37. The molecular formula is C11H20N4. The highest BCUT2D eigenvalue weighted by molar-refractivity contribution is 4.96. The molecule has 4 nitrogen and oxygen atoms in total. The average molecular weight is 208 g/mol. The van der Waals surface area contributed by atoms with Gasteiger partial charge in [-0.25, -0.2) is 0 Å². The van der Waals surface area contributed by atoms with Gasteiger partial charge >= 0.3 is 0 Å². The highest BCUT2D eigenvalue weighted by Gasteiger charge is 2.26. The first kappa shape index (κ1) is 10.6. The van der Waals surface area contributed by atoms with Crippen molar-refractivity contribution in [3.05, 3.63) is 18.0 Å². The summed E-state index contributed by atoms with van der Waals surface area (Å²) in [5.41, 5.74) is 1.16. The van der Waals surface area contributed by atoms with Gasteiger partial charge in [-0.15, -0.1) is 0 Å². The number of likely N-dealkylation sites (N-methyl/N-ethyl adjacent to an activating group) is 1. The van der Waals surface area contributed by atoms with Crippen LogP contribution in [-0.2, 0) is 6.54 Å². The summed E-state index contributed by atoms with van der Waals surface area (Å²) in [6.45, 7) is 6.53. The van der Waals surface area contributed by atoms with Crippen LogP contribution < -0.4 is 5.32 Å². The summed E-state index contributed by atoms with van der Waals surface area (Å²) in [7, 11) is 0. The summed E-state index contributed by atoms with van der Waals surface area (Å²) in [4.78, 5) is 2.56. The molecule has 0 radical (unpaired) electrons. The lowest BCUT2D eigenvalue weighted by atomic mass is 10.4. The van der Waals surface area contributed by atoms with Gasteiger partial charge in [0.05, 0.1) is 0 Å². The predicted octanol–water partition coefficient (Wildman–Crippen LogP) is 0.984. The highest BCUT2D eigenvalue weighted by atomic mass is 15.2. The molecule has 0 aliphatic heterocycles.